The number of amides is 1. The summed E-state index contributed by atoms with van der Waals surface area (Å²) in [5, 5.41) is 0. The summed E-state index contributed by atoms with van der Waals surface area (Å²) in [7, 11) is -2.83. The number of aromatic nitrogens is 1. The number of halogens is 1. The average molecular weight is 439 g/mol. The molecule has 0 N–H and O–H groups in total. The number of hydrogen-bond donors (Lipinski definition) is 0. The van der Waals surface area contributed by atoms with E-state index in [-0.39, 0.29) is 5.56 Å². The van der Waals surface area contributed by atoms with Gasteiger partial charge in [-0.2, -0.15) is 4.36 Å². The lowest BCUT2D eigenvalue weighted by Crippen LogP contribution is -2.04. The molecule has 1 heterocycles. The van der Waals surface area contributed by atoms with Gasteiger partial charge in [-0.25, -0.2) is 4.21 Å². The Balaban J connectivity index is 1.90. The first kappa shape index (κ1) is 19.0. The van der Waals surface area contributed by atoms with Crippen molar-refractivity contribution in [3.8, 4) is 11.8 Å². The lowest BCUT2D eigenvalue weighted by molar-refractivity contribution is 0.100. The highest BCUT2D eigenvalue weighted by molar-refractivity contribution is 9.10. The van der Waals surface area contributed by atoms with Crippen molar-refractivity contribution in [3.63, 3.8) is 0 Å². The SMILES string of the molecule is CS(=O)(=NC(=O)c1cncc(C#Cc2ccccc2Br)c1)c1ccccc1. The van der Waals surface area contributed by atoms with E-state index in [4.69, 9.17) is 0 Å². The second-order valence-corrected chi connectivity index (χ2v) is 8.82. The number of pyridine rings is 1. The van der Waals surface area contributed by atoms with Gasteiger partial charge in [-0.3, -0.25) is 9.78 Å². The Morgan fingerprint density at radius 3 is 2.48 bits per heavy atom. The highest BCUT2D eigenvalue weighted by Crippen LogP contribution is 2.15. The molecule has 1 unspecified atom stereocenters. The molecule has 0 aliphatic carbocycles. The minimum Gasteiger partial charge on any atom is -0.266 e. The van der Waals surface area contributed by atoms with Gasteiger partial charge in [-0.05, 0) is 46.3 Å². The molecule has 4 nitrogen and oxygen atoms in total. The standard InChI is InChI=1S/C21H15BrN2O2S/c1-27(26,19-8-3-2-4-9-19)24-21(25)18-13-16(14-23-15-18)11-12-17-7-5-6-10-20(17)22/h2-10,13-15H,1H3. The summed E-state index contributed by atoms with van der Waals surface area (Å²) in [6.07, 6.45) is 4.42. The molecule has 0 saturated carbocycles. The van der Waals surface area contributed by atoms with E-state index in [1.807, 2.05) is 30.3 Å². The quantitative estimate of drug-likeness (QED) is 0.551. The molecule has 6 heteroatoms. The molecule has 0 spiro atoms. The summed E-state index contributed by atoms with van der Waals surface area (Å²) >= 11 is 3.44. The fourth-order valence-electron chi connectivity index (χ4n) is 2.26. The maximum atomic E-state index is 12.8. The molecule has 0 aliphatic heterocycles. The summed E-state index contributed by atoms with van der Waals surface area (Å²) in [6.45, 7) is 0. The van der Waals surface area contributed by atoms with Crippen molar-refractivity contribution in [2.24, 2.45) is 4.36 Å². The van der Waals surface area contributed by atoms with Crippen LogP contribution in [0.25, 0.3) is 0 Å². The molecule has 0 bridgehead atoms. The lowest BCUT2D eigenvalue weighted by atomic mass is 10.2. The third-order valence-corrected chi connectivity index (χ3v) is 5.99. The summed E-state index contributed by atoms with van der Waals surface area (Å²) < 4.78 is 17.6. The summed E-state index contributed by atoms with van der Waals surface area (Å²) in [5.41, 5.74) is 1.66. The topological polar surface area (TPSA) is 59.4 Å². The fraction of sp³-hybridized carbons (Fsp3) is 0.0476. The van der Waals surface area contributed by atoms with Crippen LogP contribution in [0.5, 0.6) is 0 Å². The van der Waals surface area contributed by atoms with Gasteiger partial charge in [0.25, 0.3) is 5.91 Å². The largest absolute Gasteiger partial charge is 0.286 e. The second-order valence-electron chi connectivity index (χ2n) is 5.70. The van der Waals surface area contributed by atoms with Crippen LogP contribution in [0, 0.1) is 11.8 Å². The molecule has 1 aromatic heterocycles. The number of carbonyl (C=O) groups excluding carboxylic acids is 1. The number of nitrogens with zero attached hydrogens (tertiary/aromatic N) is 2. The molecular weight excluding hydrogens is 424 g/mol. The van der Waals surface area contributed by atoms with Crippen LogP contribution in [0.4, 0.5) is 0 Å². The highest BCUT2D eigenvalue weighted by Gasteiger charge is 2.11. The van der Waals surface area contributed by atoms with Crippen molar-refractivity contribution >= 4 is 31.6 Å². The van der Waals surface area contributed by atoms with Crippen molar-refractivity contribution in [2.45, 2.75) is 4.90 Å². The van der Waals surface area contributed by atoms with Gasteiger partial charge in [-0.1, -0.05) is 42.2 Å². The van der Waals surface area contributed by atoms with Gasteiger partial charge in [-0.15, -0.1) is 0 Å². The zero-order chi connectivity index (χ0) is 19.3. The van der Waals surface area contributed by atoms with Gasteiger partial charge >= 0.3 is 0 Å². The summed E-state index contributed by atoms with van der Waals surface area (Å²) in [5.74, 6) is 5.44. The minimum atomic E-state index is -2.83. The zero-order valence-electron chi connectivity index (χ0n) is 14.4. The maximum Gasteiger partial charge on any atom is 0.286 e. The lowest BCUT2D eigenvalue weighted by Gasteiger charge is -2.03. The molecular formula is C21H15BrN2O2S. The van der Waals surface area contributed by atoms with Gasteiger partial charge in [0.15, 0.2) is 0 Å². The van der Waals surface area contributed by atoms with Crippen LogP contribution in [0.2, 0.25) is 0 Å². The Kier molecular flexibility index (Phi) is 5.84. The van der Waals surface area contributed by atoms with Crippen molar-refractivity contribution in [2.75, 3.05) is 6.26 Å². The summed E-state index contributed by atoms with van der Waals surface area (Å²) in [6, 6.07) is 17.9. The third-order valence-electron chi connectivity index (χ3n) is 3.64. The smallest absolute Gasteiger partial charge is 0.266 e. The van der Waals surface area contributed by atoms with Crippen LogP contribution in [-0.2, 0) is 9.73 Å². The fourth-order valence-corrected chi connectivity index (χ4v) is 3.84. The van der Waals surface area contributed by atoms with Gasteiger partial charge in [0, 0.05) is 39.1 Å². The van der Waals surface area contributed by atoms with Crippen LogP contribution in [0.1, 0.15) is 21.5 Å². The molecule has 0 saturated heterocycles. The highest BCUT2D eigenvalue weighted by atomic mass is 79.9. The molecule has 2 aromatic carbocycles. The van der Waals surface area contributed by atoms with Crippen LogP contribution in [-0.4, -0.2) is 21.4 Å². The predicted octanol–water partition coefficient (Wildman–Crippen LogP) is 4.54. The Morgan fingerprint density at radius 2 is 1.74 bits per heavy atom. The van der Waals surface area contributed by atoms with Crippen molar-refractivity contribution < 1.29 is 9.00 Å². The first-order valence-corrected chi connectivity index (χ1v) is 10.7. The Bertz CT molecular complexity index is 1170. The average Bonchev–Trinajstić information content (AvgIpc) is 2.68. The zero-order valence-corrected chi connectivity index (χ0v) is 16.8. The van der Waals surface area contributed by atoms with Crippen LogP contribution in [0.15, 0.2) is 86.8 Å². The number of rotatable bonds is 2. The molecule has 0 aliphatic rings. The normalized spacial score (nSPS) is 12.4. The van der Waals surface area contributed by atoms with E-state index in [1.165, 1.54) is 12.5 Å². The molecule has 3 aromatic rings. The molecule has 27 heavy (non-hydrogen) atoms. The van der Waals surface area contributed by atoms with E-state index in [1.54, 1.807) is 36.5 Å². The Labute approximate surface area is 167 Å². The van der Waals surface area contributed by atoms with E-state index in [9.17, 15) is 9.00 Å². The van der Waals surface area contributed by atoms with Crippen LogP contribution in [0.3, 0.4) is 0 Å². The van der Waals surface area contributed by atoms with E-state index in [2.05, 4.69) is 37.1 Å². The first-order chi connectivity index (χ1) is 13.0. The van der Waals surface area contributed by atoms with E-state index >= 15 is 0 Å². The monoisotopic (exact) mass is 438 g/mol. The predicted molar refractivity (Wildman–Crippen MR) is 110 cm³/mol. The second kappa shape index (κ2) is 8.30. The molecule has 1 atom stereocenters. The Hall–Kier alpha value is -2.75. The number of benzene rings is 2. The van der Waals surface area contributed by atoms with Gasteiger partial charge < -0.3 is 0 Å². The van der Waals surface area contributed by atoms with Gasteiger partial charge in [0.2, 0.25) is 0 Å². The van der Waals surface area contributed by atoms with Crippen molar-refractivity contribution in [1.82, 2.24) is 4.98 Å². The van der Waals surface area contributed by atoms with E-state index < -0.39 is 15.6 Å². The number of carbonyl (C=O) groups is 1. The van der Waals surface area contributed by atoms with Crippen LogP contribution < -0.4 is 0 Å². The minimum absolute atomic E-state index is 0.249. The number of hydrogen-bond acceptors (Lipinski definition) is 3. The summed E-state index contributed by atoms with van der Waals surface area (Å²) in [4.78, 5) is 17.0. The van der Waals surface area contributed by atoms with Crippen LogP contribution >= 0.6 is 15.9 Å². The molecule has 1 amide bonds. The third kappa shape index (κ3) is 4.91. The van der Waals surface area contributed by atoms with E-state index in [0.29, 0.717) is 10.5 Å². The molecule has 0 fully saturated rings. The first-order valence-electron chi connectivity index (χ1n) is 7.99. The molecule has 0 radical (unpaired) electrons. The maximum absolute atomic E-state index is 12.8. The Morgan fingerprint density at radius 1 is 1.04 bits per heavy atom. The van der Waals surface area contributed by atoms with Gasteiger partial charge in [0.05, 0.1) is 15.3 Å². The van der Waals surface area contributed by atoms with Gasteiger partial charge in [0.1, 0.15) is 0 Å². The van der Waals surface area contributed by atoms with E-state index in [0.717, 1.165) is 10.0 Å². The van der Waals surface area contributed by atoms with Crippen molar-refractivity contribution in [1.29, 1.82) is 0 Å². The van der Waals surface area contributed by atoms with Crippen molar-refractivity contribution in [3.05, 3.63) is 94.2 Å². The molecule has 134 valence electrons. The molecule has 3 rings (SSSR count).